The third kappa shape index (κ3) is 5.18. The molecule has 0 spiro atoms. The molecule has 2 aliphatic rings. The van der Waals surface area contributed by atoms with E-state index in [0.717, 1.165) is 11.1 Å². The smallest absolute Gasteiger partial charge is 0.166 e. The van der Waals surface area contributed by atoms with Gasteiger partial charge >= 0.3 is 0 Å². The highest BCUT2D eigenvalue weighted by atomic mass is 35.5. The molecule has 0 unspecified atom stereocenters. The first kappa shape index (κ1) is 24.3. The average molecular weight is 470 g/mol. The third-order valence-corrected chi connectivity index (χ3v) is 5.27. The van der Waals surface area contributed by atoms with Crippen molar-refractivity contribution in [2.75, 3.05) is 20.0 Å². The molecule has 0 aliphatic carbocycles. The predicted octanol–water partition coefficient (Wildman–Crippen LogP) is 4.30. The van der Waals surface area contributed by atoms with E-state index >= 15 is 0 Å². The van der Waals surface area contributed by atoms with Gasteiger partial charge in [-0.1, -0.05) is 36.4 Å². The minimum atomic E-state index is -0.706. The van der Waals surface area contributed by atoms with Gasteiger partial charge in [0.1, 0.15) is 5.60 Å². The number of fused-ring (bicyclic) bond motifs is 1. The summed E-state index contributed by atoms with van der Waals surface area (Å²) in [7, 11) is 3.23. The van der Waals surface area contributed by atoms with Crippen molar-refractivity contribution in [3.8, 4) is 23.0 Å². The van der Waals surface area contributed by atoms with Crippen molar-refractivity contribution in [2.45, 2.75) is 32.6 Å². The van der Waals surface area contributed by atoms with Crippen LogP contribution in [-0.4, -0.2) is 33.7 Å². The van der Waals surface area contributed by atoms with Crippen LogP contribution >= 0.6 is 12.4 Å². The maximum Gasteiger partial charge on any atom is 0.166 e. The van der Waals surface area contributed by atoms with Gasteiger partial charge in [-0.25, -0.2) is 15.0 Å². The minimum absolute atomic E-state index is 0. The number of ether oxygens (including phenoxy) is 3. The number of anilines is 1. The molecule has 2 aromatic rings. The first-order chi connectivity index (χ1) is 15.4. The van der Waals surface area contributed by atoms with Gasteiger partial charge in [0, 0.05) is 0 Å². The summed E-state index contributed by atoms with van der Waals surface area (Å²) in [6, 6.07) is 15.8. The molecule has 0 bridgehead atoms. The normalized spacial score (nSPS) is 11.3. The predicted molar refractivity (Wildman–Crippen MR) is 129 cm³/mol. The van der Waals surface area contributed by atoms with Crippen molar-refractivity contribution >= 4 is 18.2 Å². The number of methoxy groups -OCH3 is 2. The van der Waals surface area contributed by atoms with Gasteiger partial charge in [0.05, 0.1) is 33.7 Å². The van der Waals surface area contributed by atoms with Gasteiger partial charge in [0.15, 0.2) is 34.7 Å². The SMILES string of the molecule is COc1ccc(Cn2cnc(N)c3nc(C(C)(C)OCc4ccccc4)nc2-3)cc1OC.Cl. The molecule has 0 aromatic heterocycles. The van der Waals surface area contributed by atoms with Crippen LogP contribution < -0.4 is 15.2 Å². The quantitative estimate of drug-likeness (QED) is 0.411. The molecule has 0 fully saturated rings. The van der Waals surface area contributed by atoms with Crippen LogP contribution in [0, 0.1) is 0 Å². The maximum atomic E-state index is 6.16. The van der Waals surface area contributed by atoms with Crippen LogP contribution in [0.2, 0.25) is 0 Å². The van der Waals surface area contributed by atoms with Crippen LogP contribution in [-0.2, 0) is 23.5 Å². The number of benzene rings is 2. The summed E-state index contributed by atoms with van der Waals surface area (Å²) in [5, 5.41) is 0. The fourth-order valence-electron chi connectivity index (χ4n) is 3.42. The van der Waals surface area contributed by atoms with Crippen molar-refractivity contribution < 1.29 is 14.2 Å². The zero-order chi connectivity index (χ0) is 22.7. The second-order valence-corrected chi connectivity index (χ2v) is 7.95. The van der Waals surface area contributed by atoms with Crippen molar-refractivity contribution in [3.63, 3.8) is 0 Å². The number of nitrogens with two attached hydrogens (primary N) is 1. The number of imidazole rings is 1. The Hall–Kier alpha value is -3.36. The largest absolute Gasteiger partial charge is 0.493 e. The van der Waals surface area contributed by atoms with Crippen LogP contribution in [0.4, 0.5) is 5.82 Å². The standard InChI is InChI=1S/C24H27N5O3.ClH/c1-24(2,32-14-16-8-6-5-7-9-16)23-27-20-21(25)26-15-29(22(20)28-23)13-17-10-11-18(30-3)19(12-17)31-4;/h5-12,15H,13-14,25H2,1-4H3;1H. The second kappa shape index (κ2) is 10.1. The van der Waals surface area contributed by atoms with Gasteiger partial charge < -0.3 is 24.5 Å². The summed E-state index contributed by atoms with van der Waals surface area (Å²) >= 11 is 0. The molecule has 0 amide bonds. The van der Waals surface area contributed by atoms with Crippen LogP contribution in [0.1, 0.15) is 30.8 Å². The van der Waals surface area contributed by atoms with E-state index in [1.165, 1.54) is 0 Å². The van der Waals surface area contributed by atoms with Gasteiger partial charge in [-0.05, 0) is 37.1 Å². The lowest BCUT2D eigenvalue weighted by Crippen LogP contribution is -2.23. The molecule has 2 heterocycles. The number of halogens is 1. The fraction of sp³-hybridized carbons (Fsp3) is 0.292. The average Bonchev–Trinajstić information content (AvgIpc) is 3.28. The molecule has 0 saturated heterocycles. The Morgan fingerprint density at radius 1 is 0.939 bits per heavy atom. The molecule has 33 heavy (non-hydrogen) atoms. The van der Waals surface area contributed by atoms with E-state index in [4.69, 9.17) is 24.9 Å². The summed E-state index contributed by atoms with van der Waals surface area (Å²) in [4.78, 5) is 13.8. The monoisotopic (exact) mass is 469 g/mol. The number of nitrogen functional groups attached to an aromatic ring is 1. The van der Waals surface area contributed by atoms with Gasteiger partial charge in [-0.2, -0.15) is 0 Å². The summed E-state index contributed by atoms with van der Waals surface area (Å²) < 4.78 is 18.8. The van der Waals surface area contributed by atoms with Crippen LogP contribution in [0.15, 0.2) is 54.9 Å². The van der Waals surface area contributed by atoms with Gasteiger partial charge in [-0.15, -0.1) is 12.4 Å². The van der Waals surface area contributed by atoms with Crippen molar-refractivity contribution in [1.82, 2.24) is 19.5 Å². The topological polar surface area (TPSA) is 97.3 Å². The first-order valence-electron chi connectivity index (χ1n) is 10.3. The van der Waals surface area contributed by atoms with Gasteiger partial charge in [-0.3, -0.25) is 0 Å². The lowest BCUT2D eigenvalue weighted by molar-refractivity contribution is -0.0393. The Morgan fingerprint density at radius 2 is 1.67 bits per heavy atom. The Labute approximate surface area is 199 Å². The number of nitrogens with zero attached hydrogens (tertiary/aromatic N) is 4. The fourth-order valence-corrected chi connectivity index (χ4v) is 3.42. The Morgan fingerprint density at radius 3 is 2.36 bits per heavy atom. The highest BCUT2D eigenvalue weighted by Gasteiger charge is 2.30. The Kier molecular flexibility index (Phi) is 7.40. The zero-order valence-corrected chi connectivity index (χ0v) is 19.9. The molecule has 174 valence electrons. The molecular weight excluding hydrogens is 442 g/mol. The van der Waals surface area contributed by atoms with E-state index in [1.54, 1.807) is 20.5 Å². The molecule has 8 nitrogen and oxygen atoms in total. The molecule has 2 aliphatic heterocycles. The van der Waals surface area contributed by atoms with Crippen molar-refractivity contribution in [1.29, 1.82) is 0 Å². The molecule has 0 radical (unpaired) electrons. The first-order valence-corrected chi connectivity index (χ1v) is 10.3. The highest BCUT2D eigenvalue weighted by Crippen LogP contribution is 2.32. The zero-order valence-electron chi connectivity index (χ0n) is 19.1. The second-order valence-electron chi connectivity index (χ2n) is 7.95. The van der Waals surface area contributed by atoms with Crippen LogP contribution in [0.25, 0.3) is 11.5 Å². The summed E-state index contributed by atoms with van der Waals surface area (Å²) in [5.41, 5.74) is 8.06. The Bertz CT molecular complexity index is 1180. The molecular formula is C24H28ClN5O3. The van der Waals surface area contributed by atoms with Crippen molar-refractivity contribution in [2.24, 2.45) is 0 Å². The highest BCUT2D eigenvalue weighted by molar-refractivity contribution is 5.85. The lowest BCUT2D eigenvalue weighted by Gasteiger charge is -2.22. The number of rotatable bonds is 8. The van der Waals surface area contributed by atoms with E-state index in [0.29, 0.717) is 47.8 Å². The Balaban J connectivity index is 0.00000306. The van der Waals surface area contributed by atoms with Crippen LogP contribution in [0.5, 0.6) is 11.5 Å². The van der Waals surface area contributed by atoms with E-state index in [-0.39, 0.29) is 12.4 Å². The molecule has 2 N–H and O–H groups in total. The van der Waals surface area contributed by atoms with E-state index < -0.39 is 5.60 Å². The summed E-state index contributed by atoms with van der Waals surface area (Å²) in [6.07, 6.45) is 1.67. The van der Waals surface area contributed by atoms with Crippen LogP contribution in [0.3, 0.4) is 0 Å². The number of hydrogen-bond acceptors (Lipinski definition) is 7. The van der Waals surface area contributed by atoms with Gasteiger partial charge in [0.25, 0.3) is 0 Å². The molecule has 9 heteroatoms. The van der Waals surface area contributed by atoms with E-state index in [2.05, 4.69) is 9.97 Å². The maximum absolute atomic E-state index is 6.16. The molecule has 2 aromatic carbocycles. The number of hydrogen-bond donors (Lipinski definition) is 1. The molecule has 4 rings (SSSR count). The molecule has 0 atom stereocenters. The summed E-state index contributed by atoms with van der Waals surface area (Å²) in [5.74, 6) is 2.88. The van der Waals surface area contributed by atoms with Crippen molar-refractivity contribution in [3.05, 3.63) is 71.8 Å². The van der Waals surface area contributed by atoms with E-state index in [9.17, 15) is 0 Å². The number of aromatic nitrogens is 4. The van der Waals surface area contributed by atoms with E-state index in [1.807, 2.05) is 66.9 Å². The van der Waals surface area contributed by atoms with Gasteiger partial charge in [0.2, 0.25) is 0 Å². The lowest BCUT2D eigenvalue weighted by atomic mass is 10.1. The third-order valence-electron chi connectivity index (χ3n) is 5.27. The minimum Gasteiger partial charge on any atom is -0.493 e. The molecule has 0 saturated carbocycles. The summed E-state index contributed by atoms with van der Waals surface area (Å²) in [6.45, 7) is 4.88.